The van der Waals surface area contributed by atoms with Gasteiger partial charge in [0.15, 0.2) is 31.2 Å². The van der Waals surface area contributed by atoms with Gasteiger partial charge >= 0.3 is 20.8 Å². The number of aromatic nitrogens is 3. The SMILES string of the molecule is O=S(=O)(O)OCCS(=O)(=O)c1ccc(/N=N/c2c(S(=O)(=O)O)cc3cc(S(=O)(=O)O)cc(Nc4nc(Cl)nc(Nc5cc(S(=O)(=O)CCOS(=O)(=O)O)cc(S(=O)(=O)O)c5O)n4)c3c2O)cc1. The largest absolute Gasteiger partial charge is 0.505 e. The van der Waals surface area contributed by atoms with E-state index in [0.717, 1.165) is 24.3 Å². The number of hydrogen-bond acceptors (Lipinski definition) is 25. The maximum atomic E-state index is 13.0. The van der Waals surface area contributed by atoms with Crippen LogP contribution in [0.2, 0.25) is 5.28 Å². The van der Waals surface area contributed by atoms with Crippen molar-refractivity contribution in [3.63, 3.8) is 0 Å². The van der Waals surface area contributed by atoms with Gasteiger partial charge in [-0.2, -0.15) is 62.2 Å². The maximum Gasteiger partial charge on any atom is 0.397 e. The van der Waals surface area contributed by atoms with Crippen LogP contribution in [0.1, 0.15) is 0 Å². The Kier molecular flexibility index (Phi) is 14.9. The summed E-state index contributed by atoms with van der Waals surface area (Å²) in [5, 5.41) is 32.3. The van der Waals surface area contributed by atoms with Crippen molar-refractivity contribution in [2.45, 2.75) is 24.5 Å². The van der Waals surface area contributed by atoms with Crippen molar-refractivity contribution in [1.29, 1.82) is 0 Å². The average molecular weight is 1100 g/mol. The van der Waals surface area contributed by atoms with Crippen molar-refractivity contribution in [1.82, 2.24) is 15.0 Å². The molecule has 1 aromatic heterocycles. The van der Waals surface area contributed by atoms with Crippen molar-refractivity contribution >= 4 is 128 Å². The molecule has 9 N–H and O–H groups in total. The minimum absolute atomic E-state index is 0.238. The van der Waals surface area contributed by atoms with Crippen LogP contribution in [-0.2, 0) is 79.2 Å². The third-order valence-electron chi connectivity index (χ3n) is 8.12. The lowest BCUT2D eigenvalue weighted by Crippen LogP contribution is -2.16. The van der Waals surface area contributed by atoms with Crippen LogP contribution < -0.4 is 10.6 Å². The first-order valence-corrected chi connectivity index (χ1v) is 27.6. The second-order valence-electron chi connectivity index (χ2n) is 12.7. The Hall–Kier alpha value is -5.39. The van der Waals surface area contributed by atoms with Crippen LogP contribution in [0.15, 0.2) is 89.3 Å². The molecule has 0 aliphatic rings. The summed E-state index contributed by atoms with van der Waals surface area (Å²) in [7, 11) is -35.1. The normalized spacial score (nSPS) is 13.3. The molecule has 30 nitrogen and oxygen atoms in total. The summed E-state index contributed by atoms with van der Waals surface area (Å²) in [5.41, 5.74) is -2.82. The fraction of sp³-hybridized carbons (Fsp3) is 0.138. The quantitative estimate of drug-likeness (QED) is 0.0324. The third kappa shape index (κ3) is 13.6. The number of benzene rings is 4. The molecule has 0 radical (unpaired) electrons. The first-order chi connectivity index (χ1) is 30.5. The molecule has 0 saturated carbocycles. The molecule has 0 unspecified atom stereocenters. The molecule has 0 aliphatic heterocycles. The molecule has 67 heavy (non-hydrogen) atoms. The topological polar surface area (TPSA) is 486 Å². The number of nitrogens with zero attached hydrogens (tertiary/aromatic N) is 5. The summed E-state index contributed by atoms with van der Waals surface area (Å²) >= 11 is 6.05. The molecule has 0 fully saturated rings. The van der Waals surface area contributed by atoms with E-state index < -0.39 is 177 Å². The summed E-state index contributed by atoms with van der Waals surface area (Å²) < 4.78 is 223. The van der Waals surface area contributed by atoms with Gasteiger partial charge in [0.25, 0.3) is 30.4 Å². The highest BCUT2D eigenvalue weighted by Crippen LogP contribution is 2.46. The molecule has 0 amide bonds. The smallest absolute Gasteiger partial charge is 0.397 e. The van der Waals surface area contributed by atoms with Crippen LogP contribution >= 0.6 is 11.6 Å². The molecule has 4 aromatic carbocycles. The van der Waals surface area contributed by atoms with Crippen LogP contribution in [0.5, 0.6) is 11.5 Å². The van der Waals surface area contributed by atoms with E-state index in [0.29, 0.717) is 24.3 Å². The number of aromatic hydroxyl groups is 2. The molecule has 0 atom stereocenters. The minimum Gasteiger partial charge on any atom is -0.505 e. The average Bonchev–Trinajstić information content (AvgIpc) is 3.15. The number of halogens is 1. The van der Waals surface area contributed by atoms with Gasteiger partial charge in [0.2, 0.25) is 17.2 Å². The van der Waals surface area contributed by atoms with Gasteiger partial charge in [-0.1, -0.05) is 0 Å². The number of fused-ring (bicyclic) bond motifs is 1. The Labute approximate surface area is 382 Å². The van der Waals surface area contributed by atoms with Crippen LogP contribution in [0.25, 0.3) is 10.8 Å². The fourth-order valence-electron chi connectivity index (χ4n) is 5.32. The lowest BCUT2D eigenvalue weighted by Gasteiger charge is -2.16. The van der Waals surface area contributed by atoms with Gasteiger partial charge in [-0.3, -0.25) is 22.8 Å². The summed E-state index contributed by atoms with van der Waals surface area (Å²) in [6, 6.07) is 6.55. The maximum absolute atomic E-state index is 13.0. The van der Waals surface area contributed by atoms with E-state index in [-0.39, 0.29) is 11.8 Å². The van der Waals surface area contributed by atoms with Gasteiger partial charge in [-0.25, -0.2) is 25.2 Å². The van der Waals surface area contributed by atoms with Crippen LogP contribution in [0, 0.1) is 0 Å². The van der Waals surface area contributed by atoms with Crippen LogP contribution in [0.4, 0.5) is 34.6 Å². The summed E-state index contributed by atoms with van der Waals surface area (Å²) in [6.45, 7) is -2.15. The standard InChI is InChI=1S/C29H26ClN7O23S7/c30-27-33-28(35-29(34-27)32-20-11-17(13-22(25(20)38)65(50,51)52)62(42,43)8-6-60-67(56,57)58)31-19-12-18(63(44,45)46)9-14-10-21(64(47,48)49)24(26(39)23(14)19)37-36-15-1-3-16(4-2-15)61(40,41)7-5-59-66(53,54)55/h1-4,9-13,38-39H,5-8H2,(H,44,45,46)(H,47,48,49)(H,50,51,52)(H,53,54,55)(H,56,57,58)(H2,31,32,33,34,35)/b37-36+. The zero-order valence-electron chi connectivity index (χ0n) is 32.2. The van der Waals surface area contributed by atoms with E-state index in [4.69, 9.17) is 20.7 Å². The van der Waals surface area contributed by atoms with E-state index in [2.05, 4.69) is 44.2 Å². The lowest BCUT2D eigenvalue weighted by atomic mass is 10.1. The van der Waals surface area contributed by atoms with Gasteiger partial charge in [0.05, 0.1) is 56.5 Å². The molecular weight excluding hydrogens is 1070 g/mol. The first-order valence-electron chi connectivity index (χ1n) is 16.8. The highest BCUT2D eigenvalue weighted by atomic mass is 35.5. The molecule has 1 heterocycles. The molecule has 38 heteroatoms. The Morgan fingerprint density at radius 1 is 0.537 bits per heavy atom. The predicted octanol–water partition coefficient (Wildman–Crippen LogP) is 1.92. The van der Waals surface area contributed by atoms with Crippen molar-refractivity contribution in [2.24, 2.45) is 10.2 Å². The number of azo groups is 1. The van der Waals surface area contributed by atoms with E-state index in [1.807, 2.05) is 0 Å². The number of phenols is 2. The molecule has 0 spiro atoms. The summed E-state index contributed by atoms with van der Waals surface area (Å²) in [4.78, 5) is 6.25. The molecule has 5 aromatic rings. The first kappa shape index (κ1) is 52.6. The van der Waals surface area contributed by atoms with Gasteiger partial charge in [-0.15, -0.1) is 5.11 Å². The lowest BCUT2D eigenvalue weighted by molar-refractivity contribution is 0.282. The van der Waals surface area contributed by atoms with Gasteiger partial charge in [0, 0.05) is 5.39 Å². The van der Waals surface area contributed by atoms with Crippen molar-refractivity contribution in [2.75, 3.05) is 35.4 Å². The summed E-state index contributed by atoms with van der Waals surface area (Å²) in [5.74, 6) is -6.27. The van der Waals surface area contributed by atoms with Gasteiger partial charge < -0.3 is 20.8 Å². The van der Waals surface area contributed by atoms with E-state index in [1.54, 1.807) is 0 Å². The number of hydrogen-bond donors (Lipinski definition) is 9. The monoisotopic (exact) mass is 1100 g/mol. The molecule has 0 saturated heterocycles. The minimum atomic E-state index is -5.44. The van der Waals surface area contributed by atoms with Gasteiger partial charge in [-0.05, 0) is 71.6 Å². The second-order valence-corrected chi connectivity index (χ2v) is 23.7. The van der Waals surface area contributed by atoms with E-state index >= 15 is 0 Å². The molecule has 0 aliphatic carbocycles. The zero-order valence-corrected chi connectivity index (χ0v) is 38.6. The third-order valence-corrected chi connectivity index (χ3v) is 15.1. The highest BCUT2D eigenvalue weighted by Gasteiger charge is 2.28. The number of nitrogens with one attached hydrogen (secondary N) is 2. The van der Waals surface area contributed by atoms with Crippen molar-refractivity contribution < 1.29 is 100 Å². The zero-order chi connectivity index (χ0) is 50.3. The molecule has 5 rings (SSSR count). The van der Waals surface area contributed by atoms with Crippen LogP contribution in [-0.4, -0.2) is 132 Å². The molecular formula is C29H26ClN7O23S7. The Morgan fingerprint density at radius 2 is 1.03 bits per heavy atom. The number of rotatable bonds is 19. The molecule has 0 bridgehead atoms. The van der Waals surface area contributed by atoms with E-state index in [9.17, 15) is 82.8 Å². The van der Waals surface area contributed by atoms with E-state index in [1.165, 1.54) is 0 Å². The summed E-state index contributed by atoms with van der Waals surface area (Å²) in [6.07, 6.45) is 0. The van der Waals surface area contributed by atoms with Crippen molar-refractivity contribution in [3.05, 3.63) is 59.9 Å². The number of anilines is 4. The number of phenolic OH excluding ortho intramolecular Hbond substituents is 2. The van der Waals surface area contributed by atoms with Crippen LogP contribution in [0.3, 0.4) is 0 Å². The Bertz CT molecular complexity index is 3670. The molecule has 364 valence electrons. The highest BCUT2D eigenvalue weighted by molar-refractivity contribution is 7.92. The Balaban J connectivity index is 1.60. The number of sulfone groups is 2. The predicted molar refractivity (Wildman–Crippen MR) is 224 cm³/mol. The van der Waals surface area contributed by atoms with Gasteiger partial charge in [0.1, 0.15) is 15.5 Å². The van der Waals surface area contributed by atoms with Crippen molar-refractivity contribution in [3.8, 4) is 11.5 Å². The second kappa shape index (κ2) is 18.9. The fourth-order valence-corrected chi connectivity index (χ4v) is 10.4. The Morgan fingerprint density at radius 3 is 1.52 bits per heavy atom.